The minimum atomic E-state index is -0.339. The van der Waals surface area contributed by atoms with Crippen LogP contribution in [-0.2, 0) is 18.4 Å². The largest absolute Gasteiger partial charge is 0.350 e. The van der Waals surface area contributed by atoms with Crippen molar-refractivity contribution in [2.75, 3.05) is 0 Å². The summed E-state index contributed by atoms with van der Waals surface area (Å²) in [5.41, 5.74) is 0.541. The molecule has 0 spiro atoms. The van der Waals surface area contributed by atoms with Gasteiger partial charge in [-0.15, -0.1) is 0 Å². The van der Waals surface area contributed by atoms with Gasteiger partial charge in [-0.25, -0.2) is 0 Å². The Labute approximate surface area is 84.3 Å². The summed E-state index contributed by atoms with van der Waals surface area (Å²) in [6, 6.07) is 1.89. The van der Waals surface area contributed by atoms with E-state index in [2.05, 4.69) is 10.4 Å². The van der Waals surface area contributed by atoms with Gasteiger partial charge in [-0.2, -0.15) is 5.10 Å². The van der Waals surface area contributed by atoms with Crippen LogP contribution in [0.1, 0.15) is 26.5 Å². The highest BCUT2D eigenvalue weighted by atomic mass is 16.2. The number of amides is 1. The van der Waals surface area contributed by atoms with Gasteiger partial charge in [0.2, 0.25) is 5.91 Å². The van der Waals surface area contributed by atoms with E-state index in [4.69, 9.17) is 0 Å². The minimum Gasteiger partial charge on any atom is -0.350 e. The van der Waals surface area contributed by atoms with E-state index in [0.717, 1.165) is 5.69 Å². The fraction of sp³-hybridized carbons (Fsp3) is 0.600. The van der Waals surface area contributed by atoms with Gasteiger partial charge in [-0.3, -0.25) is 9.48 Å². The molecule has 0 saturated carbocycles. The third-order valence-electron chi connectivity index (χ3n) is 1.88. The molecule has 1 amide bonds. The molecule has 0 saturated heterocycles. The summed E-state index contributed by atoms with van der Waals surface area (Å²) in [6.45, 7) is 6.17. The highest BCUT2D eigenvalue weighted by Crippen LogP contribution is 2.12. The topological polar surface area (TPSA) is 46.9 Å². The van der Waals surface area contributed by atoms with E-state index in [1.807, 2.05) is 40.1 Å². The lowest BCUT2D eigenvalue weighted by molar-refractivity contribution is -0.128. The number of carbonyl (C=O) groups is 1. The molecule has 0 aliphatic heterocycles. The second-order valence-electron chi connectivity index (χ2n) is 4.41. The first-order chi connectivity index (χ1) is 6.39. The van der Waals surface area contributed by atoms with Crippen LogP contribution in [0.5, 0.6) is 0 Å². The lowest BCUT2D eigenvalue weighted by atomic mass is 9.96. The predicted molar refractivity (Wildman–Crippen MR) is 54.5 cm³/mol. The van der Waals surface area contributed by atoms with Crippen LogP contribution in [0.2, 0.25) is 0 Å². The van der Waals surface area contributed by atoms with Crippen LogP contribution < -0.4 is 5.32 Å². The van der Waals surface area contributed by atoms with Crippen LogP contribution in [0.4, 0.5) is 0 Å². The average molecular weight is 195 g/mol. The third-order valence-corrected chi connectivity index (χ3v) is 1.88. The highest BCUT2D eigenvalue weighted by Gasteiger charge is 2.20. The maximum atomic E-state index is 11.5. The van der Waals surface area contributed by atoms with Crippen LogP contribution in [0.25, 0.3) is 0 Å². The van der Waals surface area contributed by atoms with Crippen LogP contribution in [0, 0.1) is 5.41 Å². The zero-order valence-electron chi connectivity index (χ0n) is 9.16. The van der Waals surface area contributed by atoms with Crippen molar-refractivity contribution in [2.45, 2.75) is 27.3 Å². The van der Waals surface area contributed by atoms with E-state index in [-0.39, 0.29) is 11.3 Å². The normalized spacial score (nSPS) is 11.4. The summed E-state index contributed by atoms with van der Waals surface area (Å²) in [6.07, 6.45) is 1.86. The maximum Gasteiger partial charge on any atom is 0.225 e. The molecule has 1 aromatic rings. The van der Waals surface area contributed by atoms with Gasteiger partial charge < -0.3 is 5.32 Å². The standard InChI is InChI=1S/C10H17N3O/c1-10(2,3)9(14)11-7-8-5-6-13(4)12-8/h5-6H,7H2,1-4H3,(H,11,14). The van der Waals surface area contributed by atoms with Gasteiger partial charge >= 0.3 is 0 Å². The zero-order chi connectivity index (χ0) is 10.8. The molecule has 14 heavy (non-hydrogen) atoms. The molecule has 0 bridgehead atoms. The first-order valence-electron chi connectivity index (χ1n) is 4.66. The number of hydrogen-bond donors (Lipinski definition) is 1. The fourth-order valence-corrected chi connectivity index (χ4v) is 0.993. The first kappa shape index (κ1) is 10.8. The van der Waals surface area contributed by atoms with E-state index in [1.165, 1.54) is 0 Å². The zero-order valence-corrected chi connectivity index (χ0v) is 9.16. The number of hydrogen-bond acceptors (Lipinski definition) is 2. The summed E-state index contributed by atoms with van der Waals surface area (Å²) < 4.78 is 1.72. The van der Waals surface area contributed by atoms with Crippen LogP contribution >= 0.6 is 0 Å². The molecule has 0 fully saturated rings. The van der Waals surface area contributed by atoms with Crippen molar-refractivity contribution in [3.63, 3.8) is 0 Å². The third kappa shape index (κ3) is 2.87. The smallest absolute Gasteiger partial charge is 0.225 e. The fourth-order valence-electron chi connectivity index (χ4n) is 0.993. The molecular weight excluding hydrogens is 178 g/mol. The second kappa shape index (κ2) is 3.82. The minimum absolute atomic E-state index is 0.0446. The molecule has 0 unspecified atom stereocenters. The Bertz CT molecular complexity index is 322. The van der Waals surface area contributed by atoms with E-state index in [1.54, 1.807) is 4.68 Å². The molecule has 0 aliphatic carbocycles. The SMILES string of the molecule is Cn1ccc(CNC(=O)C(C)(C)C)n1. The number of aromatic nitrogens is 2. The number of nitrogens with zero attached hydrogens (tertiary/aromatic N) is 2. The van der Waals surface area contributed by atoms with Crippen molar-refractivity contribution < 1.29 is 4.79 Å². The molecule has 1 N–H and O–H groups in total. The molecule has 0 radical (unpaired) electrons. The van der Waals surface area contributed by atoms with Gasteiger partial charge in [-0.05, 0) is 6.07 Å². The Balaban J connectivity index is 2.46. The van der Waals surface area contributed by atoms with Gasteiger partial charge in [-0.1, -0.05) is 20.8 Å². The Kier molecular flexibility index (Phi) is 2.93. The number of rotatable bonds is 2. The molecule has 1 heterocycles. The van der Waals surface area contributed by atoms with Gasteiger partial charge in [0.15, 0.2) is 0 Å². The van der Waals surface area contributed by atoms with Gasteiger partial charge in [0.05, 0.1) is 12.2 Å². The molecule has 4 nitrogen and oxygen atoms in total. The predicted octanol–water partition coefficient (Wildman–Crippen LogP) is 1.08. The lowest BCUT2D eigenvalue weighted by Gasteiger charge is -2.16. The summed E-state index contributed by atoms with van der Waals surface area (Å²) in [7, 11) is 1.86. The molecular formula is C10H17N3O. The lowest BCUT2D eigenvalue weighted by Crippen LogP contribution is -2.34. The molecule has 1 aromatic heterocycles. The van der Waals surface area contributed by atoms with E-state index in [0.29, 0.717) is 6.54 Å². The summed E-state index contributed by atoms with van der Waals surface area (Å²) in [4.78, 5) is 11.5. The molecule has 0 aromatic carbocycles. The van der Waals surface area contributed by atoms with Gasteiger partial charge in [0, 0.05) is 18.7 Å². The summed E-state index contributed by atoms with van der Waals surface area (Å²) >= 11 is 0. The maximum absolute atomic E-state index is 11.5. The Morgan fingerprint density at radius 3 is 2.64 bits per heavy atom. The van der Waals surface area contributed by atoms with E-state index < -0.39 is 0 Å². The monoisotopic (exact) mass is 195 g/mol. The van der Waals surface area contributed by atoms with Crippen molar-refractivity contribution in [1.82, 2.24) is 15.1 Å². The number of nitrogens with one attached hydrogen (secondary N) is 1. The molecule has 0 aliphatic rings. The molecule has 0 atom stereocenters. The van der Waals surface area contributed by atoms with Crippen molar-refractivity contribution in [1.29, 1.82) is 0 Å². The number of aryl methyl sites for hydroxylation is 1. The Hall–Kier alpha value is -1.32. The van der Waals surface area contributed by atoms with Gasteiger partial charge in [0.25, 0.3) is 0 Å². The van der Waals surface area contributed by atoms with Crippen molar-refractivity contribution >= 4 is 5.91 Å². The Morgan fingerprint density at radius 1 is 1.57 bits per heavy atom. The first-order valence-corrected chi connectivity index (χ1v) is 4.66. The van der Waals surface area contributed by atoms with Crippen LogP contribution in [0.15, 0.2) is 12.3 Å². The second-order valence-corrected chi connectivity index (χ2v) is 4.41. The number of carbonyl (C=O) groups excluding carboxylic acids is 1. The van der Waals surface area contributed by atoms with Gasteiger partial charge in [0.1, 0.15) is 0 Å². The summed E-state index contributed by atoms with van der Waals surface area (Å²) in [5.74, 6) is 0.0446. The molecule has 4 heteroatoms. The van der Waals surface area contributed by atoms with Crippen molar-refractivity contribution in [2.24, 2.45) is 12.5 Å². The highest BCUT2D eigenvalue weighted by molar-refractivity contribution is 5.81. The molecule has 78 valence electrons. The van der Waals surface area contributed by atoms with Crippen molar-refractivity contribution in [3.05, 3.63) is 18.0 Å². The van der Waals surface area contributed by atoms with Crippen LogP contribution in [-0.4, -0.2) is 15.7 Å². The average Bonchev–Trinajstić information content (AvgIpc) is 2.45. The van der Waals surface area contributed by atoms with Crippen LogP contribution in [0.3, 0.4) is 0 Å². The van der Waals surface area contributed by atoms with E-state index >= 15 is 0 Å². The summed E-state index contributed by atoms with van der Waals surface area (Å²) in [5, 5.41) is 7.00. The van der Waals surface area contributed by atoms with E-state index in [9.17, 15) is 4.79 Å². The Morgan fingerprint density at radius 2 is 2.21 bits per heavy atom. The van der Waals surface area contributed by atoms with Crippen molar-refractivity contribution in [3.8, 4) is 0 Å². The molecule has 1 rings (SSSR count). The quantitative estimate of drug-likeness (QED) is 0.767.